The SMILES string of the molecule is COc1ccc(N2NOC(=O)/C2=C(O)\N=C2/C=CC(=O)C(C(=O)O)=C2)cc1. The number of ether oxygens (including phenoxy) is 1. The molecule has 0 spiro atoms. The number of anilines is 1. The van der Waals surface area contributed by atoms with Crippen LogP contribution < -0.4 is 15.3 Å². The first-order chi connectivity index (χ1) is 12.9. The van der Waals surface area contributed by atoms with Gasteiger partial charge in [-0.3, -0.25) is 4.79 Å². The van der Waals surface area contributed by atoms with E-state index < -0.39 is 29.2 Å². The summed E-state index contributed by atoms with van der Waals surface area (Å²) in [5.74, 6) is -3.16. The van der Waals surface area contributed by atoms with Gasteiger partial charge in [0, 0.05) is 0 Å². The van der Waals surface area contributed by atoms with Crippen molar-refractivity contribution in [2.75, 3.05) is 12.1 Å². The largest absolute Gasteiger partial charge is 0.497 e. The van der Waals surface area contributed by atoms with Crippen LogP contribution >= 0.6 is 0 Å². The Morgan fingerprint density at radius 3 is 2.52 bits per heavy atom. The second-order valence-corrected chi connectivity index (χ2v) is 5.28. The maximum absolute atomic E-state index is 12.0. The molecule has 138 valence electrons. The molecule has 10 nitrogen and oxygen atoms in total. The van der Waals surface area contributed by atoms with Gasteiger partial charge in [0.15, 0.2) is 5.78 Å². The van der Waals surface area contributed by atoms with E-state index in [0.717, 1.165) is 17.2 Å². The Morgan fingerprint density at radius 2 is 1.89 bits per heavy atom. The second kappa shape index (κ2) is 7.14. The molecule has 1 aliphatic heterocycles. The van der Waals surface area contributed by atoms with Crippen molar-refractivity contribution in [3.8, 4) is 5.75 Å². The van der Waals surface area contributed by atoms with Crippen LogP contribution in [0.1, 0.15) is 0 Å². The summed E-state index contributed by atoms with van der Waals surface area (Å²) in [5, 5.41) is 20.4. The molecule has 27 heavy (non-hydrogen) atoms. The summed E-state index contributed by atoms with van der Waals surface area (Å²) in [7, 11) is 1.50. The van der Waals surface area contributed by atoms with Gasteiger partial charge in [0.2, 0.25) is 11.6 Å². The van der Waals surface area contributed by atoms with Crippen molar-refractivity contribution < 1.29 is 34.2 Å². The third-order valence-electron chi connectivity index (χ3n) is 3.62. The van der Waals surface area contributed by atoms with E-state index >= 15 is 0 Å². The van der Waals surface area contributed by atoms with Gasteiger partial charge < -0.3 is 19.8 Å². The number of rotatable bonds is 4. The normalized spacial score (nSPS) is 19.8. The highest BCUT2D eigenvalue weighted by Gasteiger charge is 2.33. The molecule has 1 heterocycles. The molecule has 3 rings (SSSR count). The molecule has 0 atom stereocenters. The molecule has 0 aromatic heterocycles. The van der Waals surface area contributed by atoms with Gasteiger partial charge in [-0.25, -0.2) is 19.6 Å². The van der Waals surface area contributed by atoms with E-state index in [4.69, 9.17) is 14.7 Å². The Morgan fingerprint density at radius 1 is 1.19 bits per heavy atom. The number of methoxy groups -OCH3 is 1. The molecular weight excluding hydrogens is 358 g/mol. The van der Waals surface area contributed by atoms with E-state index in [2.05, 4.69) is 10.6 Å². The average Bonchev–Trinajstić information content (AvgIpc) is 3.04. The number of aliphatic hydroxyl groups excluding tert-OH is 1. The lowest BCUT2D eigenvalue weighted by Crippen LogP contribution is -2.29. The van der Waals surface area contributed by atoms with Crippen molar-refractivity contribution in [3.63, 3.8) is 0 Å². The highest BCUT2D eigenvalue weighted by atomic mass is 16.7. The van der Waals surface area contributed by atoms with Gasteiger partial charge >= 0.3 is 11.9 Å². The van der Waals surface area contributed by atoms with Crippen LogP contribution in [0.15, 0.2) is 64.6 Å². The van der Waals surface area contributed by atoms with E-state index in [1.54, 1.807) is 24.3 Å². The van der Waals surface area contributed by atoms with Gasteiger partial charge in [-0.15, -0.1) is 0 Å². The van der Waals surface area contributed by atoms with Crippen molar-refractivity contribution in [3.05, 3.63) is 59.6 Å². The zero-order chi connectivity index (χ0) is 19.6. The predicted molar refractivity (Wildman–Crippen MR) is 91.7 cm³/mol. The van der Waals surface area contributed by atoms with Crippen LogP contribution in [0.3, 0.4) is 0 Å². The third kappa shape index (κ3) is 3.55. The highest BCUT2D eigenvalue weighted by Crippen LogP contribution is 2.26. The number of hydrogen-bond acceptors (Lipinski definition) is 9. The lowest BCUT2D eigenvalue weighted by molar-refractivity contribution is -0.140. The summed E-state index contributed by atoms with van der Waals surface area (Å²) in [6.07, 6.45) is 3.22. The molecule has 1 aromatic rings. The van der Waals surface area contributed by atoms with Gasteiger partial charge in [0.25, 0.3) is 0 Å². The Hall–Kier alpha value is -3.92. The minimum absolute atomic E-state index is 0.0219. The molecule has 1 aliphatic carbocycles. The first-order valence-electron chi connectivity index (χ1n) is 7.51. The third-order valence-corrected chi connectivity index (χ3v) is 3.62. The minimum Gasteiger partial charge on any atom is -0.497 e. The lowest BCUT2D eigenvalue weighted by Gasteiger charge is -2.16. The zero-order valence-electron chi connectivity index (χ0n) is 13.9. The van der Waals surface area contributed by atoms with Crippen molar-refractivity contribution in [2.45, 2.75) is 0 Å². The molecule has 0 saturated carbocycles. The number of benzene rings is 1. The fourth-order valence-corrected chi connectivity index (χ4v) is 2.31. The first-order valence-corrected chi connectivity index (χ1v) is 7.51. The molecule has 1 aromatic carbocycles. The van der Waals surface area contributed by atoms with E-state index in [-0.39, 0.29) is 11.4 Å². The van der Waals surface area contributed by atoms with Crippen molar-refractivity contribution in [1.29, 1.82) is 0 Å². The first kappa shape index (κ1) is 17.9. The number of nitrogens with one attached hydrogen (secondary N) is 1. The summed E-state index contributed by atoms with van der Waals surface area (Å²) in [6, 6.07) is 6.49. The van der Waals surface area contributed by atoms with Crippen LogP contribution in [0.25, 0.3) is 0 Å². The van der Waals surface area contributed by atoms with Gasteiger partial charge in [-0.05, 0) is 42.5 Å². The fraction of sp³-hybridized carbons (Fsp3) is 0.0588. The molecule has 2 aliphatic rings. The quantitative estimate of drug-likeness (QED) is 0.303. The number of aliphatic carboxylic acids is 1. The van der Waals surface area contributed by atoms with E-state index in [9.17, 15) is 19.5 Å². The Balaban J connectivity index is 1.98. The number of carbonyl (C=O) groups excluding carboxylic acids is 2. The fourth-order valence-electron chi connectivity index (χ4n) is 2.31. The number of ketones is 1. The summed E-state index contributed by atoms with van der Waals surface area (Å²) in [4.78, 5) is 43.0. The molecule has 3 N–H and O–H groups in total. The molecule has 0 radical (unpaired) electrons. The van der Waals surface area contributed by atoms with Gasteiger partial charge in [-0.1, -0.05) is 5.59 Å². The number of carboxylic acids is 1. The van der Waals surface area contributed by atoms with Crippen LogP contribution in [0.5, 0.6) is 5.75 Å². The summed E-state index contributed by atoms with van der Waals surface area (Å²) in [5.41, 5.74) is 1.94. The number of aliphatic imine (C=N–C) groups is 1. The standard InChI is InChI=1S/C17H13N3O7/c1-26-11-5-3-10(4-6-11)20-14(17(25)27-19-20)15(22)18-9-2-7-13(21)12(8-9)16(23)24/h2-8,19,22H,1H3,(H,23,24)/b15-14-,18-9+. The highest BCUT2D eigenvalue weighted by molar-refractivity contribution is 6.29. The second-order valence-electron chi connectivity index (χ2n) is 5.28. The van der Waals surface area contributed by atoms with Crippen molar-refractivity contribution in [1.82, 2.24) is 5.59 Å². The van der Waals surface area contributed by atoms with E-state index in [0.29, 0.717) is 11.4 Å². The number of allylic oxidation sites excluding steroid dienone is 3. The van der Waals surface area contributed by atoms with Crippen LogP contribution in [0.2, 0.25) is 0 Å². The van der Waals surface area contributed by atoms with Crippen molar-refractivity contribution >= 4 is 29.1 Å². The lowest BCUT2D eigenvalue weighted by atomic mass is 10.0. The molecule has 10 heteroatoms. The van der Waals surface area contributed by atoms with Crippen molar-refractivity contribution in [2.24, 2.45) is 4.99 Å². The number of aliphatic hydroxyl groups is 1. The number of carbonyl (C=O) groups is 3. The maximum atomic E-state index is 12.0. The molecule has 1 saturated heterocycles. The van der Waals surface area contributed by atoms with Gasteiger partial charge in [-0.2, -0.15) is 0 Å². The summed E-state index contributed by atoms with van der Waals surface area (Å²) in [6.45, 7) is 0. The smallest absolute Gasteiger partial charge is 0.382 e. The van der Waals surface area contributed by atoms with E-state index in [1.165, 1.54) is 13.2 Å². The molecule has 1 fully saturated rings. The molecule has 0 unspecified atom stereocenters. The number of carboxylic acid groups (broad SMARTS) is 1. The van der Waals surface area contributed by atoms with E-state index in [1.807, 2.05) is 0 Å². The number of nitrogens with zero attached hydrogens (tertiary/aromatic N) is 2. The van der Waals surface area contributed by atoms with Crippen LogP contribution in [-0.2, 0) is 19.2 Å². The maximum Gasteiger partial charge on any atom is 0.382 e. The van der Waals surface area contributed by atoms with Gasteiger partial charge in [0.1, 0.15) is 11.3 Å². The zero-order valence-corrected chi connectivity index (χ0v) is 13.9. The number of hydrogen-bond donors (Lipinski definition) is 3. The monoisotopic (exact) mass is 371 g/mol. The Bertz CT molecular complexity index is 942. The van der Waals surface area contributed by atoms with Gasteiger partial charge in [0.05, 0.1) is 18.5 Å². The topological polar surface area (TPSA) is 138 Å². The summed E-state index contributed by atoms with van der Waals surface area (Å²) >= 11 is 0. The molecular formula is C17H13N3O7. The van der Waals surface area contributed by atoms with Crippen LogP contribution in [0, 0.1) is 0 Å². The number of hydrazine groups is 1. The minimum atomic E-state index is -1.43. The average molecular weight is 371 g/mol. The predicted octanol–water partition coefficient (Wildman–Crippen LogP) is 0.796. The molecule has 0 bridgehead atoms. The Kier molecular flexibility index (Phi) is 4.73. The Labute approximate surface area is 152 Å². The summed E-state index contributed by atoms with van der Waals surface area (Å²) < 4.78 is 5.06. The van der Waals surface area contributed by atoms with Crippen LogP contribution in [-0.4, -0.2) is 40.8 Å². The van der Waals surface area contributed by atoms with Crippen LogP contribution in [0.4, 0.5) is 5.69 Å². The molecule has 0 amide bonds.